The molecule has 0 aliphatic heterocycles. The highest BCUT2D eigenvalue weighted by Gasteiger charge is 2.18. The first-order valence-corrected chi connectivity index (χ1v) is 10.6. The van der Waals surface area contributed by atoms with Gasteiger partial charge in [0.2, 0.25) is 0 Å². The van der Waals surface area contributed by atoms with E-state index in [1.807, 2.05) is 0 Å². The summed E-state index contributed by atoms with van der Waals surface area (Å²) in [5, 5.41) is 11.7. The molecule has 0 unspecified atom stereocenters. The molecule has 9 heteroatoms. The lowest BCUT2D eigenvalue weighted by molar-refractivity contribution is 0.0698. The average molecular weight is 475 g/mol. The fourth-order valence-electron chi connectivity index (χ4n) is 2.54. The van der Waals surface area contributed by atoms with Crippen molar-refractivity contribution < 1.29 is 23.1 Å². The van der Waals surface area contributed by atoms with Crippen LogP contribution in [0.25, 0.3) is 0 Å². The summed E-state index contributed by atoms with van der Waals surface area (Å²) in [5.41, 5.74) is 0.485. The summed E-state index contributed by atoms with van der Waals surface area (Å²) in [4.78, 5) is 23.7. The summed E-state index contributed by atoms with van der Waals surface area (Å²) in [5.74, 6) is -1.81. The standard InChI is InChI=1S/C20H15BrN2O5S/c21-14-6-4-7-15(12-14)23-29(27,28)16-8-3-5-13(11-16)19(24)22-18-10-2-1-9-17(18)20(25)26/h1-12,23H,(H,22,24)(H,25,26). The molecule has 148 valence electrons. The Morgan fingerprint density at radius 1 is 0.897 bits per heavy atom. The van der Waals surface area contributed by atoms with Crippen LogP contribution in [0.15, 0.2) is 82.2 Å². The van der Waals surface area contributed by atoms with E-state index in [2.05, 4.69) is 26.0 Å². The van der Waals surface area contributed by atoms with Crippen LogP contribution in [-0.4, -0.2) is 25.4 Å². The fourth-order valence-corrected chi connectivity index (χ4v) is 4.04. The number of carboxylic acid groups (broad SMARTS) is 1. The van der Waals surface area contributed by atoms with Crippen LogP contribution in [0.5, 0.6) is 0 Å². The molecule has 3 aromatic carbocycles. The largest absolute Gasteiger partial charge is 0.478 e. The van der Waals surface area contributed by atoms with Crippen molar-refractivity contribution in [2.45, 2.75) is 4.90 Å². The van der Waals surface area contributed by atoms with Gasteiger partial charge in [0.15, 0.2) is 0 Å². The third-order valence-corrected chi connectivity index (χ3v) is 5.76. The smallest absolute Gasteiger partial charge is 0.337 e. The Morgan fingerprint density at radius 3 is 2.34 bits per heavy atom. The van der Waals surface area contributed by atoms with E-state index >= 15 is 0 Å². The number of carboxylic acids is 1. The molecule has 0 fully saturated rings. The number of amides is 1. The summed E-state index contributed by atoms with van der Waals surface area (Å²) in [6, 6.07) is 18.1. The molecule has 3 N–H and O–H groups in total. The van der Waals surface area contributed by atoms with E-state index in [1.165, 1.54) is 36.4 Å². The van der Waals surface area contributed by atoms with Crippen molar-refractivity contribution in [1.82, 2.24) is 0 Å². The molecule has 0 aliphatic rings. The van der Waals surface area contributed by atoms with Crippen molar-refractivity contribution in [2.24, 2.45) is 0 Å². The minimum absolute atomic E-state index is 0.0686. The quantitative estimate of drug-likeness (QED) is 0.495. The molecule has 3 aromatic rings. The number of carbonyl (C=O) groups is 2. The summed E-state index contributed by atoms with van der Waals surface area (Å²) < 4.78 is 28.5. The zero-order valence-corrected chi connectivity index (χ0v) is 17.2. The van der Waals surface area contributed by atoms with Crippen molar-refractivity contribution in [3.05, 3.63) is 88.4 Å². The third-order valence-electron chi connectivity index (χ3n) is 3.89. The van der Waals surface area contributed by atoms with Gasteiger partial charge in [0.1, 0.15) is 0 Å². The first-order valence-electron chi connectivity index (χ1n) is 8.28. The van der Waals surface area contributed by atoms with Gasteiger partial charge in [-0.2, -0.15) is 0 Å². The number of carbonyl (C=O) groups excluding carboxylic acids is 1. The van der Waals surface area contributed by atoms with E-state index < -0.39 is 21.9 Å². The summed E-state index contributed by atoms with van der Waals surface area (Å²) in [7, 11) is -3.93. The number of sulfonamides is 1. The minimum Gasteiger partial charge on any atom is -0.478 e. The highest BCUT2D eigenvalue weighted by atomic mass is 79.9. The van der Waals surface area contributed by atoms with Gasteiger partial charge in [0.25, 0.3) is 15.9 Å². The predicted octanol–water partition coefficient (Wildman–Crippen LogP) is 4.20. The Hall–Kier alpha value is -3.17. The lowest BCUT2D eigenvalue weighted by Gasteiger charge is -2.11. The van der Waals surface area contributed by atoms with Gasteiger partial charge in [-0.1, -0.05) is 40.2 Å². The van der Waals surface area contributed by atoms with Gasteiger partial charge >= 0.3 is 5.97 Å². The van der Waals surface area contributed by atoms with Gasteiger partial charge in [0.05, 0.1) is 16.1 Å². The van der Waals surface area contributed by atoms with Gasteiger partial charge in [-0.25, -0.2) is 13.2 Å². The number of aromatic carboxylic acids is 1. The normalized spacial score (nSPS) is 10.9. The van der Waals surface area contributed by atoms with Gasteiger partial charge in [-0.05, 0) is 48.5 Å². The topological polar surface area (TPSA) is 113 Å². The molecular formula is C20H15BrN2O5S. The number of benzene rings is 3. The zero-order chi connectivity index (χ0) is 21.0. The first kappa shape index (κ1) is 20.6. The van der Waals surface area contributed by atoms with Crippen molar-refractivity contribution in [3.63, 3.8) is 0 Å². The van der Waals surface area contributed by atoms with E-state index in [4.69, 9.17) is 0 Å². The number of anilines is 2. The zero-order valence-electron chi connectivity index (χ0n) is 14.8. The average Bonchev–Trinajstić information content (AvgIpc) is 2.68. The molecule has 29 heavy (non-hydrogen) atoms. The number of nitrogens with one attached hydrogen (secondary N) is 2. The predicted molar refractivity (Wildman–Crippen MR) is 113 cm³/mol. The van der Waals surface area contributed by atoms with Crippen molar-refractivity contribution in [3.8, 4) is 0 Å². The lowest BCUT2D eigenvalue weighted by atomic mass is 10.1. The van der Waals surface area contributed by atoms with Gasteiger partial charge in [-0.15, -0.1) is 0 Å². The number of rotatable bonds is 6. The highest BCUT2D eigenvalue weighted by molar-refractivity contribution is 9.10. The molecule has 1 amide bonds. The van der Waals surface area contributed by atoms with E-state index in [0.717, 1.165) is 0 Å². The summed E-state index contributed by atoms with van der Waals surface area (Å²) in [6.45, 7) is 0. The number of para-hydroxylation sites is 1. The second-order valence-corrected chi connectivity index (χ2v) is 8.55. The Balaban J connectivity index is 1.85. The van der Waals surface area contributed by atoms with Crippen LogP contribution in [0.3, 0.4) is 0 Å². The monoisotopic (exact) mass is 474 g/mol. The van der Waals surface area contributed by atoms with Crippen LogP contribution in [0, 0.1) is 0 Å². The summed E-state index contributed by atoms with van der Waals surface area (Å²) in [6.07, 6.45) is 0. The van der Waals surface area contributed by atoms with E-state index in [9.17, 15) is 23.1 Å². The SMILES string of the molecule is O=C(Nc1ccccc1C(=O)O)c1cccc(S(=O)(=O)Nc2cccc(Br)c2)c1. The third kappa shape index (κ3) is 5.01. The van der Waals surface area contributed by atoms with Gasteiger partial charge in [-0.3, -0.25) is 9.52 Å². The molecule has 0 atom stereocenters. The van der Waals surface area contributed by atoms with Crippen LogP contribution in [0.4, 0.5) is 11.4 Å². The lowest BCUT2D eigenvalue weighted by Crippen LogP contribution is -2.17. The van der Waals surface area contributed by atoms with Crippen LogP contribution in [0.1, 0.15) is 20.7 Å². The first-order chi connectivity index (χ1) is 13.8. The Bertz CT molecular complexity index is 1190. The van der Waals surface area contributed by atoms with Crippen LogP contribution < -0.4 is 10.0 Å². The fraction of sp³-hybridized carbons (Fsp3) is 0. The van der Waals surface area contributed by atoms with Crippen molar-refractivity contribution >= 4 is 49.2 Å². The van der Waals surface area contributed by atoms with Crippen LogP contribution >= 0.6 is 15.9 Å². The Labute approximate surface area is 175 Å². The second kappa shape index (κ2) is 8.46. The van der Waals surface area contributed by atoms with Crippen molar-refractivity contribution in [2.75, 3.05) is 10.0 Å². The highest BCUT2D eigenvalue weighted by Crippen LogP contribution is 2.21. The molecule has 0 aromatic heterocycles. The van der Waals surface area contributed by atoms with E-state index in [-0.39, 0.29) is 21.7 Å². The molecule has 0 heterocycles. The van der Waals surface area contributed by atoms with Crippen LogP contribution in [-0.2, 0) is 10.0 Å². The molecular weight excluding hydrogens is 460 g/mol. The molecule has 0 spiro atoms. The maximum absolute atomic E-state index is 12.7. The van der Waals surface area contributed by atoms with Crippen LogP contribution in [0.2, 0.25) is 0 Å². The molecule has 0 bridgehead atoms. The van der Waals surface area contributed by atoms with Crippen molar-refractivity contribution in [1.29, 1.82) is 0 Å². The second-order valence-electron chi connectivity index (χ2n) is 5.95. The maximum Gasteiger partial charge on any atom is 0.337 e. The molecule has 0 aliphatic carbocycles. The Kier molecular flexibility index (Phi) is 6.00. The minimum atomic E-state index is -3.93. The number of halogens is 1. The molecule has 0 saturated heterocycles. The van der Waals surface area contributed by atoms with Gasteiger partial charge < -0.3 is 10.4 Å². The van der Waals surface area contributed by atoms with E-state index in [0.29, 0.717) is 10.2 Å². The van der Waals surface area contributed by atoms with Gasteiger partial charge in [0, 0.05) is 15.7 Å². The Morgan fingerprint density at radius 2 is 1.62 bits per heavy atom. The maximum atomic E-state index is 12.7. The number of hydrogen-bond acceptors (Lipinski definition) is 4. The molecule has 3 rings (SSSR count). The molecule has 7 nitrogen and oxygen atoms in total. The van der Waals surface area contributed by atoms with E-state index in [1.54, 1.807) is 36.4 Å². The number of hydrogen-bond donors (Lipinski definition) is 3. The molecule has 0 saturated carbocycles. The summed E-state index contributed by atoms with van der Waals surface area (Å²) >= 11 is 3.27. The molecule has 0 radical (unpaired) electrons.